The summed E-state index contributed by atoms with van der Waals surface area (Å²) in [5.41, 5.74) is 1.64. The van der Waals surface area contributed by atoms with Gasteiger partial charge in [-0.1, -0.05) is 45.0 Å². The molecule has 2 rings (SSSR count). The summed E-state index contributed by atoms with van der Waals surface area (Å²) in [4.78, 5) is 0. The Balaban J connectivity index is 2.80. The van der Waals surface area contributed by atoms with E-state index < -0.39 is 0 Å². The normalized spacial score (nSPS) is 12.0. The van der Waals surface area contributed by atoms with Crippen molar-refractivity contribution in [3.05, 3.63) is 45.5 Å². The van der Waals surface area contributed by atoms with E-state index in [9.17, 15) is 0 Å². The lowest BCUT2D eigenvalue weighted by Gasteiger charge is -2.21. The zero-order valence-electron chi connectivity index (χ0n) is 9.34. The van der Waals surface area contributed by atoms with E-state index in [0.717, 1.165) is 0 Å². The Morgan fingerprint density at radius 3 is 2.40 bits per heavy atom. The van der Waals surface area contributed by atoms with E-state index in [4.69, 9.17) is 0 Å². The monoisotopic (exact) mass is 310 g/mol. The van der Waals surface area contributed by atoms with Crippen molar-refractivity contribution in [1.82, 2.24) is 0 Å². The van der Waals surface area contributed by atoms with Gasteiger partial charge >= 0.3 is 0 Å². The molecular weight excluding hydrogens is 295 g/mol. The number of benzene rings is 2. The molecule has 0 amide bonds. The lowest BCUT2D eigenvalue weighted by atomic mass is 9.84. The van der Waals surface area contributed by atoms with Crippen molar-refractivity contribution in [3.8, 4) is 0 Å². The highest BCUT2D eigenvalue weighted by Gasteiger charge is 2.16. The Morgan fingerprint density at radius 2 is 1.73 bits per heavy atom. The molecule has 78 valence electrons. The molecule has 0 unspecified atom stereocenters. The van der Waals surface area contributed by atoms with Crippen LogP contribution in [0.1, 0.15) is 26.3 Å². The fraction of sp³-hybridized carbons (Fsp3) is 0.286. The van der Waals surface area contributed by atoms with Crippen molar-refractivity contribution in [2.75, 3.05) is 0 Å². The Morgan fingerprint density at radius 1 is 1.00 bits per heavy atom. The molecule has 0 aliphatic carbocycles. The fourth-order valence-electron chi connectivity index (χ4n) is 1.90. The van der Waals surface area contributed by atoms with Crippen LogP contribution in [0.25, 0.3) is 10.8 Å². The number of rotatable bonds is 0. The molecule has 0 aliphatic rings. The van der Waals surface area contributed by atoms with Gasteiger partial charge in [0.05, 0.1) is 0 Å². The van der Waals surface area contributed by atoms with Crippen LogP contribution in [0.15, 0.2) is 36.4 Å². The minimum absolute atomic E-state index is 0.212. The first-order chi connectivity index (χ1) is 6.98. The van der Waals surface area contributed by atoms with Crippen LogP contribution in [0.4, 0.5) is 0 Å². The van der Waals surface area contributed by atoms with Crippen molar-refractivity contribution in [3.63, 3.8) is 0 Å². The third-order valence-electron chi connectivity index (χ3n) is 2.65. The molecule has 0 heterocycles. The van der Waals surface area contributed by atoms with E-state index >= 15 is 0 Å². The van der Waals surface area contributed by atoms with E-state index in [-0.39, 0.29) is 5.41 Å². The lowest BCUT2D eigenvalue weighted by molar-refractivity contribution is 0.596. The Labute approximate surface area is 105 Å². The molecule has 0 spiro atoms. The average Bonchev–Trinajstić information content (AvgIpc) is 2.15. The van der Waals surface area contributed by atoms with Crippen molar-refractivity contribution in [2.45, 2.75) is 26.2 Å². The summed E-state index contributed by atoms with van der Waals surface area (Å²) in [7, 11) is 0. The maximum Gasteiger partial charge on any atom is 0.0136 e. The molecule has 0 N–H and O–H groups in total. The summed E-state index contributed by atoms with van der Waals surface area (Å²) in [6, 6.07) is 13.2. The molecule has 0 nitrogen and oxygen atoms in total. The largest absolute Gasteiger partial charge is 0.0613 e. The molecule has 15 heavy (non-hydrogen) atoms. The molecule has 0 aliphatic heterocycles. The molecular formula is C14H15I. The van der Waals surface area contributed by atoms with Gasteiger partial charge in [-0.2, -0.15) is 0 Å². The minimum Gasteiger partial charge on any atom is -0.0613 e. The minimum atomic E-state index is 0.212. The van der Waals surface area contributed by atoms with Crippen LogP contribution in [-0.2, 0) is 5.41 Å². The molecule has 0 atom stereocenters. The molecule has 0 fully saturated rings. The number of hydrogen-bond acceptors (Lipinski definition) is 0. The number of fused-ring (bicyclic) bond motifs is 1. The second-order valence-electron chi connectivity index (χ2n) is 4.92. The summed E-state index contributed by atoms with van der Waals surface area (Å²) >= 11 is 2.37. The maximum absolute atomic E-state index is 2.37. The highest BCUT2D eigenvalue weighted by molar-refractivity contribution is 14.1. The van der Waals surface area contributed by atoms with Crippen molar-refractivity contribution >= 4 is 33.4 Å². The molecule has 0 aromatic heterocycles. The summed E-state index contributed by atoms with van der Waals surface area (Å²) in [6.45, 7) is 6.80. The van der Waals surface area contributed by atoms with E-state index in [1.54, 1.807) is 0 Å². The van der Waals surface area contributed by atoms with Crippen molar-refractivity contribution < 1.29 is 0 Å². The molecule has 1 heteroatoms. The molecule has 0 bridgehead atoms. The second-order valence-corrected chi connectivity index (χ2v) is 6.17. The van der Waals surface area contributed by atoms with Gasteiger partial charge in [0.15, 0.2) is 0 Å². The van der Waals surface area contributed by atoms with Gasteiger partial charge in [-0.3, -0.25) is 0 Å². The van der Waals surface area contributed by atoms with E-state index in [0.29, 0.717) is 0 Å². The van der Waals surface area contributed by atoms with Crippen LogP contribution >= 0.6 is 22.6 Å². The second kappa shape index (κ2) is 3.78. The number of halogens is 1. The van der Waals surface area contributed by atoms with Crippen LogP contribution < -0.4 is 0 Å². The standard InChI is InChI=1S/C14H15I/c1-14(2,3)13-6-4-5-10-7-8-11(15)9-12(10)13/h4-9H,1-3H3. The topological polar surface area (TPSA) is 0 Å². The van der Waals surface area contributed by atoms with Crippen LogP contribution in [-0.4, -0.2) is 0 Å². The maximum atomic E-state index is 2.37. The summed E-state index contributed by atoms with van der Waals surface area (Å²) in [6.07, 6.45) is 0. The summed E-state index contributed by atoms with van der Waals surface area (Å²) in [5.74, 6) is 0. The Bertz CT molecular complexity index is 492. The summed E-state index contributed by atoms with van der Waals surface area (Å²) < 4.78 is 1.30. The Kier molecular flexibility index (Phi) is 2.75. The van der Waals surface area contributed by atoms with Crippen molar-refractivity contribution in [2.24, 2.45) is 0 Å². The molecule has 0 saturated carbocycles. The third kappa shape index (κ3) is 2.17. The van der Waals surface area contributed by atoms with E-state index in [1.165, 1.54) is 19.9 Å². The van der Waals surface area contributed by atoms with Gasteiger partial charge in [-0.05, 0) is 56.5 Å². The highest BCUT2D eigenvalue weighted by atomic mass is 127. The van der Waals surface area contributed by atoms with Gasteiger partial charge in [-0.25, -0.2) is 0 Å². The zero-order chi connectivity index (χ0) is 11.1. The van der Waals surface area contributed by atoms with Crippen LogP contribution in [0, 0.1) is 3.57 Å². The first-order valence-electron chi connectivity index (χ1n) is 5.17. The predicted molar refractivity (Wildman–Crippen MR) is 75.4 cm³/mol. The fourth-order valence-corrected chi connectivity index (χ4v) is 2.39. The average molecular weight is 310 g/mol. The number of hydrogen-bond donors (Lipinski definition) is 0. The predicted octanol–water partition coefficient (Wildman–Crippen LogP) is 4.74. The van der Waals surface area contributed by atoms with Gasteiger partial charge in [0, 0.05) is 3.57 Å². The van der Waals surface area contributed by atoms with Gasteiger partial charge < -0.3 is 0 Å². The molecule has 2 aromatic rings. The van der Waals surface area contributed by atoms with Gasteiger partial charge in [-0.15, -0.1) is 0 Å². The molecule has 0 saturated heterocycles. The highest BCUT2D eigenvalue weighted by Crippen LogP contribution is 2.30. The van der Waals surface area contributed by atoms with E-state index in [2.05, 4.69) is 79.8 Å². The van der Waals surface area contributed by atoms with Crippen LogP contribution in [0.5, 0.6) is 0 Å². The van der Waals surface area contributed by atoms with E-state index in [1.807, 2.05) is 0 Å². The molecule has 2 aromatic carbocycles. The smallest absolute Gasteiger partial charge is 0.0136 e. The van der Waals surface area contributed by atoms with Gasteiger partial charge in [0.25, 0.3) is 0 Å². The quantitative estimate of drug-likeness (QED) is 0.616. The SMILES string of the molecule is CC(C)(C)c1cccc2ccc(I)cc12. The zero-order valence-corrected chi connectivity index (χ0v) is 11.5. The Hall–Kier alpha value is -0.570. The first-order valence-corrected chi connectivity index (χ1v) is 6.25. The van der Waals surface area contributed by atoms with Gasteiger partial charge in [0.2, 0.25) is 0 Å². The van der Waals surface area contributed by atoms with Crippen molar-refractivity contribution in [1.29, 1.82) is 0 Å². The van der Waals surface area contributed by atoms with Gasteiger partial charge in [0.1, 0.15) is 0 Å². The third-order valence-corrected chi connectivity index (χ3v) is 3.32. The van der Waals surface area contributed by atoms with Crippen LogP contribution in [0.2, 0.25) is 0 Å². The summed E-state index contributed by atoms with van der Waals surface area (Å²) in [5, 5.41) is 2.72. The van der Waals surface area contributed by atoms with Crippen LogP contribution in [0.3, 0.4) is 0 Å². The molecule has 0 radical (unpaired) electrons. The lowest BCUT2D eigenvalue weighted by Crippen LogP contribution is -2.11. The first kappa shape index (κ1) is 10.9.